The Balaban J connectivity index is 1.57. The molecular weight excluding hydrogens is 332 g/mol. The van der Waals surface area contributed by atoms with Gasteiger partial charge >= 0.3 is 0 Å². The lowest BCUT2D eigenvalue weighted by Crippen LogP contribution is -2.19. The van der Waals surface area contributed by atoms with E-state index >= 15 is 0 Å². The predicted octanol–water partition coefficient (Wildman–Crippen LogP) is 3.55. The van der Waals surface area contributed by atoms with Gasteiger partial charge in [-0.1, -0.05) is 18.2 Å². The molecule has 3 rings (SSSR count). The molecule has 0 fully saturated rings. The van der Waals surface area contributed by atoms with Gasteiger partial charge < -0.3 is 4.98 Å². The molecule has 3 aromatic rings. The molecule has 1 aromatic heterocycles. The summed E-state index contributed by atoms with van der Waals surface area (Å²) >= 11 is 0. The van der Waals surface area contributed by atoms with Gasteiger partial charge in [-0.2, -0.15) is 5.10 Å². The topological polar surface area (TPSA) is 100 Å². The van der Waals surface area contributed by atoms with Gasteiger partial charge in [-0.15, -0.1) is 0 Å². The van der Waals surface area contributed by atoms with Gasteiger partial charge in [-0.25, -0.2) is 5.43 Å². The maximum atomic E-state index is 12.0. The summed E-state index contributed by atoms with van der Waals surface area (Å²) in [6.45, 7) is 1.74. The number of non-ortho nitro benzene ring substituents is 1. The van der Waals surface area contributed by atoms with Gasteiger partial charge in [0.25, 0.3) is 5.69 Å². The van der Waals surface area contributed by atoms with Gasteiger partial charge in [0, 0.05) is 35.7 Å². The second kappa shape index (κ2) is 7.60. The second-order valence-corrected chi connectivity index (χ2v) is 5.90. The molecular formula is C19H18N4O3. The number of hydrogen-bond donors (Lipinski definition) is 2. The first-order chi connectivity index (χ1) is 12.5. The monoisotopic (exact) mass is 350 g/mol. The van der Waals surface area contributed by atoms with Crippen molar-refractivity contribution < 1.29 is 9.72 Å². The summed E-state index contributed by atoms with van der Waals surface area (Å²) in [5, 5.41) is 15.9. The van der Waals surface area contributed by atoms with Gasteiger partial charge in [0.1, 0.15) is 0 Å². The van der Waals surface area contributed by atoms with Crippen LogP contribution in [0.25, 0.3) is 10.9 Å². The van der Waals surface area contributed by atoms with Crippen molar-refractivity contribution in [3.8, 4) is 0 Å². The molecule has 0 unspecified atom stereocenters. The molecule has 7 nitrogen and oxygen atoms in total. The highest BCUT2D eigenvalue weighted by molar-refractivity contribution is 5.99. The van der Waals surface area contributed by atoms with Crippen LogP contribution in [-0.4, -0.2) is 21.5 Å². The molecule has 0 aliphatic heterocycles. The Hall–Kier alpha value is -3.48. The Bertz CT molecular complexity index is 974. The summed E-state index contributed by atoms with van der Waals surface area (Å²) < 4.78 is 0. The first kappa shape index (κ1) is 17.3. The molecule has 7 heteroatoms. The fourth-order valence-corrected chi connectivity index (χ4v) is 2.68. The van der Waals surface area contributed by atoms with Crippen LogP contribution in [0, 0.1) is 10.1 Å². The van der Waals surface area contributed by atoms with Crippen molar-refractivity contribution in [2.45, 2.75) is 19.8 Å². The van der Waals surface area contributed by atoms with Crippen LogP contribution in [0.3, 0.4) is 0 Å². The highest BCUT2D eigenvalue weighted by Crippen LogP contribution is 2.19. The number of carbonyl (C=O) groups excluding carboxylic acids is 1. The predicted molar refractivity (Wildman–Crippen MR) is 100 cm³/mol. The number of fused-ring (bicyclic) bond motifs is 1. The van der Waals surface area contributed by atoms with Gasteiger partial charge in [-0.3, -0.25) is 14.9 Å². The van der Waals surface area contributed by atoms with E-state index < -0.39 is 4.92 Å². The Labute approximate surface area is 149 Å². The van der Waals surface area contributed by atoms with Crippen LogP contribution in [0.5, 0.6) is 0 Å². The average molecular weight is 350 g/mol. The molecule has 0 saturated carbocycles. The molecule has 26 heavy (non-hydrogen) atoms. The number of nitro benzene ring substituents is 1. The number of benzene rings is 2. The summed E-state index contributed by atoms with van der Waals surface area (Å²) in [5.74, 6) is -0.184. The number of aryl methyl sites for hydroxylation is 1. The zero-order chi connectivity index (χ0) is 18.5. The zero-order valence-electron chi connectivity index (χ0n) is 14.2. The van der Waals surface area contributed by atoms with Gasteiger partial charge in [0.15, 0.2) is 0 Å². The Morgan fingerprint density at radius 2 is 1.92 bits per heavy atom. The van der Waals surface area contributed by atoms with E-state index in [1.54, 1.807) is 19.1 Å². The van der Waals surface area contributed by atoms with Crippen LogP contribution in [0.4, 0.5) is 5.69 Å². The van der Waals surface area contributed by atoms with Crippen molar-refractivity contribution in [1.82, 2.24) is 10.4 Å². The van der Waals surface area contributed by atoms with Crippen LogP contribution in [0.2, 0.25) is 0 Å². The first-order valence-corrected chi connectivity index (χ1v) is 8.17. The SMILES string of the molecule is C/C(=N/NC(=O)CCc1c[nH]c2ccccc12)c1ccc([N+](=O)[O-])cc1. The van der Waals surface area contributed by atoms with E-state index in [2.05, 4.69) is 15.5 Å². The van der Waals surface area contributed by atoms with Crippen LogP contribution < -0.4 is 5.43 Å². The van der Waals surface area contributed by atoms with Crippen molar-refractivity contribution in [1.29, 1.82) is 0 Å². The molecule has 0 bridgehead atoms. The largest absolute Gasteiger partial charge is 0.361 e. The number of nitrogens with zero attached hydrogens (tertiary/aromatic N) is 2. The maximum absolute atomic E-state index is 12.0. The van der Waals surface area contributed by atoms with Crippen LogP contribution in [0.15, 0.2) is 59.8 Å². The summed E-state index contributed by atoms with van der Waals surface area (Å²) in [6.07, 6.45) is 2.85. The van der Waals surface area contributed by atoms with Crippen molar-refractivity contribution in [3.05, 3.63) is 76.0 Å². The molecule has 2 N–H and O–H groups in total. The van der Waals surface area contributed by atoms with Crippen molar-refractivity contribution in [2.24, 2.45) is 5.10 Å². The van der Waals surface area contributed by atoms with E-state index in [-0.39, 0.29) is 11.6 Å². The molecule has 1 heterocycles. The summed E-state index contributed by atoms with van der Waals surface area (Å²) in [5.41, 5.74) is 5.99. The third-order valence-corrected chi connectivity index (χ3v) is 4.14. The van der Waals surface area contributed by atoms with Crippen molar-refractivity contribution in [3.63, 3.8) is 0 Å². The van der Waals surface area contributed by atoms with Crippen LogP contribution in [-0.2, 0) is 11.2 Å². The number of nitrogens with one attached hydrogen (secondary N) is 2. The molecule has 2 aromatic carbocycles. The molecule has 0 saturated heterocycles. The number of rotatable bonds is 6. The number of para-hydroxylation sites is 1. The minimum absolute atomic E-state index is 0.0179. The number of hydrogen-bond acceptors (Lipinski definition) is 4. The van der Waals surface area contributed by atoms with E-state index in [1.165, 1.54) is 12.1 Å². The maximum Gasteiger partial charge on any atom is 0.269 e. The molecule has 0 atom stereocenters. The highest BCUT2D eigenvalue weighted by atomic mass is 16.6. The van der Waals surface area contributed by atoms with Crippen LogP contribution >= 0.6 is 0 Å². The molecule has 0 aliphatic rings. The highest BCUT2D eigenvalue weighted by Gasteiger charge is 2.08. The summed E-state index contributed by atoms with van der Waals surface area (Å²) in [7, 11) is 0. The number of carbonyl (C=O) groups is 1. The van der Waals surface area contributed by atoms with E-state index in [9.17, 15) is 14.9 Å². The fraction of sp³-hybridized carbons (Fsp3) is 0.158. The average Bonchev–Trinajstić information content (AvgIpc) is 3.07. The zero-order valence-corrected chi connectivity index (χ0v) is 14.2. The first-order valence-electron chi connectivity index (χ1n) is 8.17. The second-order valence-electron chi connectivity index (χ2n) is 5.90. The smallest absolute Gasteiger partial charge is 0.269 e. The molecule has 0 aliphatic carbocycles. The number of hydrazone groups is 1. The number of aromatic nitrogens is 1. The lowest BCUT2D eigenvalue weighted by atomic mass is 10.1. The molecule has 132 valence electrons. The lowest BCUT2D eigenvalue weighted by molar-refractivity contribution is -0.384. The molecule has 0 radical (unpaired) electrons. The van der Waals surface area contributed by atoms with E-state index in [0.29, 0.717) is 24.1 Å². The van der Waals surface area contributed by atoms with E-state index in [4.69, 9.17) is 0 Å². The minimum Gasteiger partial charge on any atom is -0.361 e. The van der Waals surface area contributed by atoms with Gasteiger partial charge in [0.05, 0.1) is 10.6 Å². The summed E-state index contributed by atoms with van der Waals surface area (Å²) in [4.78, 5) is 25.4. The number of nitro groups is 1. The van der Waals surface area contributed by atoms with Crippen molar-refractivity contribution >= 4 is 28.2 Å². The molecule has 0 spiro atoms. The number of H-pyrrole nitrogens is 1. The molecule has 1 amide bonds. The fourth-order valence-electron chi connectivity index (χ4n) is 2.68. The third-order valence-electron chi connectivity index (χ3n) is 4.14. The van der Waals surface area contributed by atoms with E-state index in [0.717, 1.165) is 16.5 Å². The Morgan fingerprint density at radius 3 is 2.65 bits per heavy atom. The number of aromatic amines is 1. The number of amides is 1. The quantitative estimate of drug-likeness (QED) is 0.404. The minimum atomic E-state index is -0.456. The third kappa shape index (κ3) is 3.94. The normalized spacial score (nSPS) is 11.5. The summed E-state index contributed by atoms with van der Waals surface area (Å²) in [6, 6.07) is 14.0. The van der Waals surface area contributed by atoms with Crippen LogP contribution in [0.1, 0.15) is 24.5 Å². The van der Waals surface area contributed by atoms with Crippen molar-refractivity contribution in [2.75, 3.05) is 0 Å². The lowest BCUT2D eigenvalue weighted by Gasteiger charge is -2.03. The Kier molecular flexibility index (Phi) is 5.07. The van der Waals surface area contributed by atoms with E-state index in [1.807, 2.05) is 30.5 Å². The van der Waals surface area contributed by atoms with Gasteiger partial charge in [-0.05, 0) is 42.7 Å². The standard InChI is InChI=1S/C19H18N4O3/c1-13(14-6-9-16(10-7-14)23(25)26)21-22-19(24)11-8-15-12-20-18-5-3-2-4-17(15)18/h2-7,9-10,12,20H,8,11H2,1H3,(H,22,24)/b21-13-. The Morgan fingerprint density at radius 1 is 1.19 bits per heavy atom. The van der Waals surface area contributed by atoms with Gasteiger partial charge in [0.2, 0.25) is 5.91 Å².